The van der Waals surface area contributed by atoms with Gasteiger partial charge in [0.1, 0.15) is 6.54 Å². The number of nitrogens with one attached hydrogen (secondary N) is 1. The topological polar surface area (TPSA) is 108 Å². The van der Waals surface area contributed by atoms with Gasteiger partial charge < -0.3 is 15.4 Å². The largest absolute Gasteiger partial charge is 0.389 e. The number of hydrogen-bond donors (Lipinski definition) is 1. The lowest BCUT2D eigenvalue weighted by Crippen LogP contribution is -2.19. The van der Waals surface area contributed by atoms with Gasteiger partial charge in [0.2, 0.25) is 5.91 Å². The lowest BCUT2D eigenvalue weighted by Gasteiger charge is -2.04. The van der Waals surface area contributed by atoms with E-state index < -0.39 is 4.92 Å². The molecule has 0 aliphatic carbocycles. The molecule has 20 heavy (non-hydrogen) atoms. The van der Waals surface area contributed by atoms with Crippen LogP contribution in [0.3, 0.4) is 0 Å². The first-order valence-electron chi connectivity index (χ1n) is 5.86. The fraction of sp³-hybridized carbons (Fsp3) is 0.364. The van der Waals surface area contributed by atoms with Gasteiger partial charge in [0.25, 0.3) is 0 Å². The van der Waals surface area contributed by atoms with Crippen molar-refractivity contribution >= 4 is 17.4 Å². The highest BCUT2D eigenvalue weighted by Crippen LogP contribution is 2.18. The van der Waals surface area contributed by atoms with Gasteiger partial charge in [-0.05, 0) is 18.8 Å². The molecule has 1 amide bonds. The monoisotopic (exact) mass is 278 g/mol. The zero-order valence-electron chi connectivity index (χ0n) is 11.3. The molecule has 0 unspecified atom stereocenters. The Labute approximate surface area is 114 Å². The zero-order valence-corrected chi connectivity index (χ0v) is 11.3. The Bertz CT molecular complexity index is 672. The van der Waals surface area contributed by atoms with Crippen molar-refractivity contribution in [2.24, 2.45) is 7.05 Å². The van der Waals surface area contributed by atoms with Crippen molar-refractivity contribution in [2.75, 3.05) is 5.32 Å². The fourth-order valence-corrected chi connectivity index (χ4v) is 1.82. The van der Waals surface area contributed by atoms with Crippen LogP contribution in [0.15, 0.2) is 12.3 Å². The number of aryl methyl sites for hydroxylation is 2. The molecule has 2 aromatic heterocycles. The van der Waals surface area contributed by atoms with E-state index in [9.17, 15) is 14.9 Å². The van der Waals surface area contributed by atoms with Gasteiger partial charge in [-0.2, -0.15) is 9.78 Å². The summed E-state index contributed by atoms with van der Waals surface area (Å²) in [5.74, 6) is -0.603. The summed E-state index contributed by atoms with van der Waals surface area (Å²) in [6, 6.07) is 1.24. The quantitative estimate of drug-likeness (QED) is 0.656. The van der Waals surface area contributed by atoms with E-state index in [0.29, 0.717) is 11.4 Å². The minimum Gasteiger partial charge on any atom is -0.358 e. The molecule has 0 aliphatic rings. The van der Waals surface area contributed by atoms with Crippen molar-refractivity contribution in [1.29, 1.82) is 0 Å². The molecule has 2 aromatic rings. The first-order chi connectivity index (χ1) is 9.38. The summed E-state index contributed by atoms with van der Waals surface area (Å²) >= 11 is 0. The summed E-state index contributed by atoms with van der Waals surface area (Å²) in [4.78, 5) is 21.8. The van der Waals surface area contributed by atoms with Gasteiger partial charge in [-0.3, -0.25) is 9.48 Å². The maximum absolute atomic E-state index is 11.9. The van der Waals surface area contributed by atoms with E-state index in [0.717, 1.165) is 5.69 Å². The number of carbonyl (C=O) groups excluding carboxylic acids is 1. The van der Waals surface area contributed by atoms with Crippen LogP contribution >= 0.6 is 0 Å². The minimum absolute atomic E-state index is 0.0956. The fourth-order valence-electron chi connectivity index (χ4n) is 1.82. The third-order valence-corrected chi connectivity index (χ3v) is 2.89. The molecule has 0 atom stereocenters. The van der Waals surface area contributed by atoms with Gasteiger partial charge in [-0.25, -0.2) is 0 Å². The van der Waals surface area contributed by atoms with E-state index in [2.05, 4.69) is 15.5 Å². The van der Waals surface area contributed by atoms with Crippen LogP contribution in [-0.2, 0) is 18.4 Å². The van der Waals surface area contributed by atoms with Crippen LogP contribution in [0.1, 0.15) is 11.4 Å². The van der Waals surface area contributed by atoms with Crippen molar-refractivity contribution in [3.63, 3.8) is 0 Å². The van der Waals surface area contributed by atoms with Gasteiger partial charge in [-0.15, -0.1) is 0 Å². The summed E-state index contributed by atoms with van der Waals surface area (Å²) in [5, 5.41) is 21.1. The lowest BCUT2D eigenvalue weighted by molar-refractivity contribution is -0.389. The Morgan fingerprint density at radius 2 is 2.15 bits per heavy atom. The smallest absolute Gasteiger partial charge is 0.358 e. The zero-order chi connectivity index (χ0) is 14.9. The average Bonchev–Trinajstić information content (AvgIpc) is 2.91. The second kappa shape index (κ2) is 5.11. The summed E-state index contributed by atoms with van der Waals surface area (Å²) in [5.41, 5.74) is 2.20. The number of carbonyl (C=O) groups is 1. The van der Waals surface area contributed by atoms with E-state index >= 15 is 0 Å². The SMILES string of the molecule is Cc1nn(C)c(C)c1NC(=O)Cn1ccc([N+](=O)[O-])n1. The predicted octanol–water partition coefficient (Wildman–Crippen LogP) is 0.780. The van der Waals surface area contributed by atoms with Crippen LogP contribution in [0.4, 0.5) is 11.5 Å². The molecule has 0 fully saturated rings. The Morgan fingerprint density at radius 1 is 1.45 bits per heavy atom. The summed E-state index contributed by atoms with van der Waals surface area (Å²) in [7, 11) is 1.79. The molecule has 0 spiro atoms. The Morgan fingerprint density at radius 3 is 2.65 bits per heavy atom. The minimum atomic E-state index is -0.607. The molecule has 0 aromatic carbocycles. The molecule has 0 saturated heterocycles. The molecule has 9 nitrogen and oxygen atoms in total. The number of rotatable bonds is 4. The lowest BCUT2D eigenvalue weighted by atomic mass is 10.3. The normalized spacial score (nSPS) is 10.6. The van der Waals surface area contributed by atoms with Gasteiger partial charge >= 0.3 is 5.82 Å². The molecule has 2 rings (SSSR count). The predicted molar refractivity (Wildman–Crippen MR) is 70.2 cm³/mol. The highest BCUT2D eigenvalue weighted by Gasteiger charge is 2.16. The Balaban J connectivity index is 2.07. The third-order valence-electron chi connectivity index (χ3n) is 2.89. The maximum Gasteiger partial charge on any atom is 0.389 e. The molecule has 106 valence electrons. The van der Waals surface area contributed by atoms with Crippen molar-refractivity contribution in [1.82, 2.24) is 19.6 Å². The Hall–Kier alpha value is -2.71. The van der Waals surface area contributed by atoms with Crippen LogP contribution < -0.4 is 5.32 Å². The summed E-state index contributed by atoms with van der Waals surface area (Å²) in [6.07, 6.45) is 1.39. The molecule has 1 N–H and O–H groups in total. The van der Waals surface area contributed by atoms with Crippen LogP contribution in [0.5, 0.6) is 0 Å². The second-order valence-electron chi connectivity index (χ2n) is 4.35. The van der Waals surface area contributed by atoms with Crippen LogP contribution in [0, 0.1) is 24.0 Å². The first kappa shape index (κ1) is 13.7. The Kier molecular flexibility index (Phi) is 3.51. The van der Waals surface area contributed by atoms with Crippen molar-refractivity contribution in [2.45, 2.75) is 20.4 Å². The molecule has 0 bridgehead atoms. The van der Waals surface area contributed by atoms with E-state index in [1.54, 1.807) is 18.7 Å². The van der Waals surface area contributed by atoms with Gasteiger partial charge in [0, 0.05) is 7.05 Å². The number of aromatic nitrogens is 4. The molecule has 0 radical (unpaired) electrons. The van der Waals surface area contributed by atoms with Crippen LogP contribution in [0.25, 0.3) is 0 Å². The first-order valence-corrected chi connectivity index (χ1v) is 5.86. The molecule has 0 saturated carbocycles. The van der Waals surface area contributed by atoms with Crippen molar-refractivity contribution < 1.29 is 9.72 Å². The maximum atomic E-state index is 11.9. The third kappa shape index (κ3) is 2.66. The van der Waals surface area contributed by atoms with Gasteiger partial charge in [0.05, 0.1) is 34.4 Å². The van der Waals surface area contributed by atoms with E-state index in [4.69, 9.17) is 0 Å². The number of amides is 1. The number of hydrogen-bond acceptors (Lipinski definition) is 5. The highest BCUT2D eigenvalue weighted by atomic mass is 16.6. The molecular formula is C11H14N6O3. The summed E-state index contributed by atoms with van der Waals surface area (Å²) in [6.45, 7) is 3.54. The molecular weight excluding hydrogens is 264 g/mol. The van der Waals surface area contributed by atoms with Crippen molar-refractivity contribution in [3.05, 3.63) is 33.8 Å². The van der Waals surface area contributed by atoms with E-state index in [1.807, 2.05) is 6.92 Å². The number of nitro groups is 1. The van der Waals surface area contributed by atoms with Gasteiger partial charge in [-0.1, -0.05) is 0 Å². The van der Waals surface area contributed by atoms with Crippen molar-refractivity contribution in [3.8, 4) is 0 Å². The van der Waals surface area contributed by atoms with E-state index in [-0.39, 0.29) is 18.3 Å². The second-order valence-corrected chi connectivity index (χ2v) is 4.35. The molecule has 9 heteroatoms. The standard InChI is InChI=1S/C11H14N6O3/c1-7-11(8(2)15(3)13-7)12-10(18)6-16-5-4-9(14-16)17(19)20/h4-5H,6H2,1-3H3,(H,12,18). The summed E-state index contributed by atoms with van der Waals surface area (Å²) < 4.78 is 2.89. The number of anilines is 1. The van der Waals surface area contributed by atoms with Crippen LogP contribution in [0.2, 0.25) is 0 Å². The number of nitrogens with zero attached hydrogens (tertiary/aromatic N) is 5. The molecule has 0 aliphatic heterocycles. The molecule has 2 heterocycles. The van der Waals surface area contributed by atoms with E-state index in [1.165, 1.54) is 16.9 Å². The van der Waals surface area contributed by atoms with Crippen LogP contribution in [-0.4, -0.2) is 30.4 Å². The average molecular weight is 278 g/mol. The highest BCUT2D eigenvalue weighted by molar-refractivity contribution is 5.91. The van der Waals surface area contributed by atoms with Gasteiger partial charge in [0.15, 0.2) is 0 Å².